The number of amides is 1. The Morgan fingerprint density at radius 1 is 1.55 bits per heavy atom. The Kier molecular flexibility index (Phi) is 3.81. The summed E-state index contributed by atoms with van der Waals surface area (Å²) in [6.07, 6.45) is 3.85. The lowest BCUT2D eigenvalue weighted by molar-refractivity contribution is -0.129. The maximum atomic E-state index is 12.3. The number of thiophene rings is 1. The minimum absolute atomic E-state index is 0.178. The van der Waals surface area contributed by atoms with Gasteiger partial charge in [-0.25, -0.2) is 4.98 Å². The molecule has 114 valence electrons. The molecule has 0 fully saturated rings. The quantitative estimate of drug-likeness (QED) is 0.883. The maximum absolute atomic E-state index is 12.3. The highest BCUT2D eigenvalue weighted by Crippen LogP contribution is 2.39. The van der Waals surface area contributed by atoms with Crippen molar-refractivity contribution >= 4 is 23.0 Å². The number of aromatic nitrogens is 2. The highest BCUT2D eigenvalue weighted by atomic mass is 32.1. The van der Waals surface area contributed by atoms with E-state index in [0.717, 1.165) is 10.6 Å². The number of nitrogens with one attached hydrogen (secondary N) is 1. The van der Waals surface area contributed by atoms with Gasteiger partial charge in [0.15, 0.2) is 11.5 Å². The molecule has 1 atom stereocenters. The van der Waals surface area contributed by atoms with Gasteiger partial charge in [-0.15, -0.1) is 11.3 Å². The molecule has 0 bridgehead atoms. The van der Waals surface area contributed by atoms with Crippen LogP contribution in [0.3, 0.4) is 0 Å². The fourth-order valence-electron chi connectivity index (χ4n) is 2.65. The van der Waals surface area contributed by atoms with Gasteiger partial charge in [0.25, 0.3) is 5.91 Å². The van der Waals surface area contributed by atoms with E-state index in [4.69, 9.17) is 0 Å². The van der Waals surface area contributed by atoms with Crippen molar-refractivity contribution < 1.29 is 14.7 Å². The van der Waals surface area contributed by atoms with Crippen molar-refractivity contribution in [2.24, 2.45) is 0 Å². The lowest BCUT2D eigenvalue weighted by Gasteiger charge is -2.25. The fraction of sp³-hybridized carbons (Fsp3) is 0.267. The van der Waals surface area contributed by atoms with E-state index in [0.29, 0.717) is 13.0 Å². The zero-order chi connectivity index (χ0) is 15.7. The molecule has 2 N–H and O–H groups in total. The van der Waals surface area contributed by atoms with Crippen LogP contribution in [0.15, 0.2) is 41.4 Å². The van der Waals surface area contributed by atoms with Gasteiger partial charge >= 0.3 is 0 Å². The number of rotatable bonds is 5. The minimum Gasteiger partial charge on any atom is -0.503 e. The molecule has 1 amide bonds. The highest BCUT2D eigenvalue weighted by Gasteiger charge is 2.42. The van der Waals surface area contributed by atoms with Crippen molar-refractivity contribution in [2.75, 3.05) is 6.54 Å². The topological polar surface area (TPSA) is 86.3 Å². The number of aliphatic hydroxyl groups excluding tert-OH is 1. The van der Waals surface area contributed by atoms with E-state index in [2.05, 4.69) is 9.97 Å². The van der Waals surface area contributed by atoms with Crippen LogP contribution in [0.5, 0.6) is 0 Å². The van der Waals surface area contributed by atoms with Crippen LogP contribution in [0, 0.1) is 0 Å². The standard InChI is InChI=1S/C15H15N3O3S/c1-9(19)12-13(11-3-2-6-22-11)18(15(21)14(12)20)5-4-10-7-16-8-17-10/h2-3,6-8,13,20H,4-5H2,1H3,(H,16,17)/t13-/m1/s1. The Labute approximate surface area is 131 Å². The van der Waals surface area contributed by atoms with Crippen LogP contribution < -0.4 is 0 Å². The van der Waals surface area contributed by atoms with Gasteiger partial charge in [-0.2, -0.15) is 0 Å². The summed E-state index contributed by atoms with van der Waals surface area (Å²) < 4.78 is 0. The molecular weight excluding hydrogens is 302 g/mol. The van der Waals surface area contributed by atoms with E-state index in [1.165, 1.54) is 18.3 Å². The summed E-state index contributed by atoms with van der Waals surface area (Å²) in [5.41, 5.74) is 1.07. The number of aromatic amines is 1. The van der Waals surface area contributed by atoms with Crippen LogP contribution in [-0.2, 0) is 16.0 Å². The van der Waals surface area contributed by atoms with E-state index in [1.807, 2.05) is 17.5 Å². The molecule has 0 aromatic carbocycles. The summed E-state index contributed by atoms with van der Waals surface area (Å²) in [5, 5.41) is 12.0. The second-order valence-corrected chi connectivity index (χ2v) is 6.04. The molecule has 0 aliphatic carbocycles. The molecule has 1 aliphatic rings. The van der Waals surface area contributed by atoms with E-state index >= 15 is 0 Å². The van der Waals surface area contributed by atoms with Gasteiger partial charge in [-0.3, -0.25) is 9.59 Å². The number of aliphatic hydroxyl groups is 1. The third kappa shape index (κ3) is 2.43. The van der Waals surface area contributed by atoms with Crippen LogP contribution >= 0.6 is 11.3 Å². The third-order valence-corrected chi connectivity index (χ3v) is 4.60. The van der Waals surface area contributed by atoms with Gasteiger partial charge in [0, 0.05) is 29.7 Å². The van der Waals surface area contributed by atoms with Crippen LogP contribution in [-0.4, -0.2) is 38.2 Å². The normalized spacial score (nSPS) is 18.3. The average molecular weight is 317 g/mol. The monoisotopic (exact) mass is 317 g/mol. The minimum atomic E-state index is -0.507. The Bertz CT molecular complexity index is 719. The second-order valence-electron chi connectivity index (χ2n) is 5.06. The first-order valence-corrected chi connectivity index (χ1v) is 7.73. The largest absolute Gasteiger partial charge is 0.503 e. The van der Waals surface area contributed by atoms with Gasteiger partial charge in [-0.1, -0.05) is 6.07 Å². The first-order valence-electron chi connectivity index (χ1n) is 6.85. The van der Waals surface area contributed by atoms with E-state index in [-0.39, 0.29) is 11.4 Å². The number of carbonyl (C=O) groups excluding carboxylic acids is 2. The predicted molar refractivity (Wildman–Crippen MR) is 81.4 cm³/mol. The van der Waals surface area contributed by atoms with Crippen molar-refractivity contribution in [2.45, 2.75) is 19.4 Å². The SMILES string of the molecule is CC(=O)C1=C(O)C(=O)N(CCc2cnc[nH]2)[C@@H]1c1cccs1. The molecule has 7 heteroatoms. The number of ketones is 1. The number of carbonyl (C=O) groups is 2. The summed E-state index contributed by atoms with van der Waals surface area (Å²) in [6.45, 7) is 1.77. The summed E-state index contributed by atoms with van der Waals surface area (Å²) >= 11 is 1.46. The molecule has 0 saturated carbocycles. The van der Waals surface area contributed by atoms with Gasteiger partial charge in [0.05, 0.1) is 17.9 Å². The Morgan fingerprint density at radius 3 is 2.95 bits per heavy atom. The Hall–Kier alpha value is -2.41. The number of H-pyrrole nitrogens is 1. The molecule has 0 radical (unpaired) electrons. The number of imidazole rings is 1. The number of nitrogens with zero attached hydrogens (tertiary/aromatic N) is 2. The molecule has 6 nitrogen and oxygen atoms in total. The van der Waals surface area contributed by atoms with Crippen molar-refractivity contribution in [3.05, 3.63) is 51.9 Å². The third-order valence-electron chi connectivity index (χ3n) is 3.67. The van der Waals surface area contributed by atoms with Crippen LogP contribution in [0.2, 0.25) is 0 Å². The van der Waals surface area contributed by atoms with E-state index in [1.54, 1.807) is 17.4 Å². The van der Waals surface area contributed by atoms with Gasteiger partial charge < -0.3 is 15.0 Å². The van der Waals surface area contributed by atoms with Crippen molar-refractivity contribution in [3.8, 4) is 0 Å². The molecule has 0 unspecified atom stereocenters. The average Bonchev–Trinajstić information content (AvgIpc) is 3.20. The molecule has 1 aliphatic heterocycles. The molecule has 2 aromatic heterocycles. The molecule has 2 aromatic rings. The fourth-order valence-corrected chi connectivity index (χ4v) is 3.49. The summed E-state index contributed by atoms with van der Waals surface area (Å²) in [6, 6.07) is 3.23. The summed E-state index contributed by atoms with van der Waals surface area (Å²) in [7, 11) is 0. The van der Waals surface area contributed by atoms with Crippen molar-refractivity contribution in [1.82, 2.24) is 14.9 Å². The molecule has 0 spiro atoms. The first-order chi connectivity index (χ1) is 10.6. The van der Waals surface area contributed by atoms with Crippen LogP contribution in [0.4, 0.5) is 0 Å². The lowest BCUT2D eigenvalue weighted by atomic mass is 10.0. The van der Waals surface area contributed by atoms with Gasteiger partial charge in [0.1, 0.15) is 0 Å². The number of hydrogen-bond donors (Lipinski definition) is 2. The summed E-state index contributed by atoms with van der Waals surface area (Å²) in [4.78, 5) is 33.5. The predicted octanol–water partition coefficient (Wildman–Crippen LogP) is 2.00. The smallest absolute Gasteiger partial charge is 0.290 e. The zero-order valence-electron chi connectivity index (χ0n) is 11.9. The van der Waals surface area contributed by atoms with Gasteiger partial charge in [-0.05, 0) is 18.4 Å². The van der Waals surface area contributed by atoms with E-state index < -0.39 is 17.7 Å². The molecule has 0 saturated heterocycles. The summed E-state index contributed by atoms with van der Waals surface area (Å²) in [5.74, 6) is -1.22. The number of Topliss-reactive ketones (excluding diaryl/α,β-unsaturated/α-hetero) is 1. The van der Waals surface area contributed by atoms with E-state index in [9.17, 15) is 14.7 Å². The highest BCUT2D eigenvalue weighted by molar-refractivity contribution is 7.10. The van der Waals surface area contributed by atoms with Crippen LogP contribution in [0.25, 0.3) is 0 Å². The Balaban J connectivity index is 1.91. The maximum Gasteiger partial charge on any atom is 0.290 e. The van der Waals surface area contributed by atoms with Crippen molar-refractivity contribution in [3.63, 3.8) is 0 Å². The van der Waals surface area contributed by atoms with Crippen molar-refractivity contribution in [1.29, 1.82) is 0 Å². The first kappa shape index (κ1) is 14.5. The Morgan fingerprint density at radius 2 is 2.36 bits per heavy atom. The molecule has 3 rings (SSSR count). The molecular formula is C15H15N3O3S. The lowest BCUT2D eigenvalue weighted by Crippen LogP contribution is -2.32. The van der Waals surface area contributed by atoms with Crippen LogP contribution in [0.1, 0.15) is 23.5 Å². The number of hydrogen-bond acceptors (Lipinski definition) is 5. The van der Waals surface area contributed by atoms with Gasteiger partial charge in [0.2, 0.25) is 0 Å². The second kappa shape index (κ2) is 5.76. The molecule has 3 heterocycles. The zero-order valence-corrected chi connectivity index (χ0v) is 12.8. The molecule has 22 heavy (non-hydrogen) atoms.